The number of benzene rings is 1. The standard InChI is InChI=1S/C11H13BrN3O4P/c12-11-7-10(15(16)17)2-1-9(11)8-19-20(18,13-3-4-13)14-5-6-14/h1-2,7H,3-6,8H2. The first-order valence-corrected chi connectivity index (χ1v) is 8.51. The monoisotopic (exact) mass is 361 g/mol. The fraction of sp³-hybridized carbons (Fsp3) is 0.455. The fourth-order valence-corrected chi connectivity index (χ4v) is 4.52. The van der Waals surface area contributed by atoms with Crippen LogP contribution >= 0.6 is 23.6 Å². The first-order valence-electron chi connectivity index (χ1n) is 6.19. The van der Waals surface area contributed by atoms with Crippen molar-refractivity contribution < 1.29 is 14.0 Å². The number of halogens is 1. The van der Waals surface area contributed by atoms with Crippen molar-refractivity contribution in [2.45, 2.75) is 6.61 Å². The molecule has 0 atom stereocenters. The summed E-state index contributed by atoms with van der Waals surface area (Å²) in [5.74, 6) is 0. The van der Waals surface area contributed by atoms with E-state index in [1.165, 1.54) is 12.1 Å². The molecule has 0 amide bonds. The van der Waals surface area contributed by atoms with Gasteiger partial charge in [0.25, 0.3) is 5.69 Å². The van der Waals surface area contributed by atoms with Gasteiger partial charge in [0.2, 0.25) is 0 Å². The predicted molar refractivity (Wildman–Crippen MR) is 76.3 cm³/mol. The Morgan fingerprint density at radius 1 is 1.30 bits per heavy atom. The maximum atomic E-state index is 12.7. The summed E-state index contributed by atoms with van der Waals surface area (Å²) in [7, 11) is -2.85. The van der Waals surface area contributed by atoms with E-state index in [1.54, 1.807) is 6.07 Å². The number of rotatable bonds is 6. The van der Waals surface area contributed by atoms with Gasteiger partial charge in [-0.15, -0.1) is 0 Å². The number of nitro benzene ring substituents is 1. The van der Waals surface area contributed by atoms with Gasteiger partial charge in [-0.2, -0.15) is 0 Å². The second-order valence-electron chi connectivity index (χ2n) is 4.70. The Bertz CT molecular complexity index is 587. The van der Waals surface area contributed by atoms with Crippen LogP contribution in [0.1, 0.15) is 5.56 Å². The molecule has 2 aliphatic heterocycles. The molecule has 0 unspecified atom stereocenters. The summed E-state index contributed by atoms with van der Waals surface area (Å²) in [5, 5.41) is 10.7. The molecular weight excluding hydrogens is 349 g/mol. The lowest BCUT2D eigenvalue weighted by Gasteiger charge is -2.20. The van der Waals surface area contributed by atoms with E-state index in [1.807, 2.05) is 9.34 Å². The van der Waals surface area contributed by atoms with Crippen LogP contribution in [0.4, 0.5) is 5.69 Å². The fourth-order valence-electron chi connectivity index (χ4n) is 1.86. The SMILES string of the molecule is O=[N+]([O-])c1ccc(COP(=O)(N2CC2)N2CC2)c(Br)c1. The maximum Gasteiger partial charge on any atom is 0.346 e. The molecule has 2 aliphatic rings. The number of hydrogen-bond acceptors (Lipinski definition) is 4. The van der Waals surface area contributed by atoms with Crippen LogP contribution in [-0.2, 0) is 15.7 Å². The molecule has 0 N–H and O–H groups in total. The van der Waals surface area contributed by atoms with Crippen LogP contribution < -0.4 is 0 Å². The average Bonchev–Trinajstić information content (AvgIpc) is 3.29. The zero-order valence-electron chi connectivity index (χ0n) is 10.6. The van der Waals surface area contributed by atoms with Crippen LogP contribution in [0.3, 0.4) is 0 Å². The molecule has 108 valence electrons. The highest BCUT2D eigenvalue weighted by atomic mass is 79.9. The minimum absolute atomic E-state index is 0.0145. The highest BCUT2D eigenvalue weighted by molar-refractivity contribution is 9.10. The first kappa shape index (κ1) is 14.2. The lowest BCUT2D eigenvalue weighted by Crippen LogP contribution is -2.08. The smallest absolute Gasteiger partial charge is 0.301 e. The van der Waals surface area contributed by atoms with Crippen LogP contribution in [0.25, 0.3) is 0 Å². The molecule has 0 radical (unpaired) electrons. The summed E-state index contributed by atoms with van der Waals surface area (Å²) in [6.45, 7) is 3.37. The van der Waals surface area contributed by atoms with Crippen molar-refractivity contribution in [2.24, 2.45) is 0 Å². The normalized spacial score (nSPS) is 19.1. The van der Waals surface area contributed by atoms with Gasteiger partial charge in [0.1, 0.15) is 0 Å². The number of nitro groups is 1. The number of nitrogens with zero attached hydrogens (tertiary/aromatic N) is 3. The van der Waals surface area contributed by atoms with Crippen molar-refractivity contribution in [1.29, 1.82) is 0 Å². The summed E-state index contributed by atoms with van der Waals surface area (Å²) < 4.78 is 22.6. The third kappa shape index (κ3) is 2.80. The maximum absolute atomic E-state index is 12.7. The van der Waals surface area contributed by atoms with Gasteiger partial charge in [0.15, 0.2) is 0 Å². The summed E-state index contributed by atoms with van der Waals surface area (Å²) in [4.78, 5) is 10.2. The molecule has 20 heavy (non-hydrogen) atoms. The highest BCUT2D eigenvalue weighted by Gasteiger charge is 2.49. The summed E-state index contributed by atoms with van der Waals surface area (Å²) in [6.07, 6.45) is 0. The molecule has 0 spiro atoms. The Labute approximate surface area is 124 Å². The Hall–Kier alpha value is -0.790. The second-order valence-corrected chi connectivity index (χ2v) is 7.93. The van der Waals surface area contributed by atoms with E-state index in [-0.39, 0.29) is 12.3 Å². The Morgan fingerprint density at radius 3 is 2.35 bits per heavy atom. The minimum atomic E-state index is -2.85. The van der Waals surface area contributed by atoms with Crippen LogP contribution in [-0.4, -0.2) is 40.4 Å². The molecule has 0 aliphatic carbocycles. The van der Waals surface area contributed by atoms with Gasteiger partial charge in [-0.1, -0.05) is 15.9 Å². The van der Waals surface area contributed by atoms with Crippen LogP contribution in [0.15, 0.2) is 22.7 Å². The molecule has 0 saturated carbocycles. The molecule has 9 heteroatoms. The van der Waals surface area contributed by atoms with E-state index in [2.05, 4.69) is 15.9 Å². The largest absolute Gasteiger partial charge is 0.346 e. The van der Waals surface area contributed by atoms with Gasteiger partial charge in [-0.25, -0.2) is 9.34 Å². The zero-order valence-corrected chi connectivity index (χ0v) is 13.0. The van der Waals surface area contributed by atoms with E-state index < -0.39 is 12.6 Å². The predicted octanol–water partition coefficient (Wildman–Crippen LogP) is 2.61. The Kier molecular flexibility index (Phi) is 3.68. The zero-order chi connectivity index (χ0) is 14.3. The topological polar surface area (TPSA) is 75.5 Å². The van der Waals surface area contributed by atoms with Gasteiger partial charge in [0.05, 0.1) is 11.5 Å². The van der Waals surface area contributed by atoms with Crippen LogP contribution in [0.5, 0.6) is 0 Å². The van der Waals surface area contributed by atoms with Crippen LogP contribution in [0.2, 0.25) is 0 Å². The van der Waals surface area contributed by atoms with Gasteiger partial charge < -0.3 is 4.52 Å². The molecule has 1 aromatic rings. The summed E-state index contributed by atoms with van der Waals surface area (Å²) in [6, 6.07) is 4.47. The van der Waals surface area contributed by atoms with Crippen molar-refractivity contribution in [3.8, 4) is 0 Å². The van der Waals surface area contributed by atoms with Crippen molar-refractivity contribution in [1.82, 2.24) is 9.34 Å². The first-order chi connectivity index (χ1) is 9.50. The lowest BCUT2D eigenvalue weighted by atomic mass is 10.2. The van der Waals surface area contributed by atoms with Crippen LogP contribution in [0, 0.1) is 10.1 Å². The average molecular weight is 362 g/mol. The summed E-state index contributed by atoms with van der Waals surface area (Å²) in [5.41, 5.74) is 0.764. The molecule has 0 bridgehead atoms. The molecule has 2 saturated heterocycles. The summed E-state index contributed by atoms with van der Waals surface area (Å²) >= 11 is 3.29. The van der Waals surface area contributed by atoms with Crippen molar-refractivity contribution >= 4 is 29.3 Å². The second kappa shape index (κ2) is 5.20. The third-order valence-electron chi connectivity index (χ3n) is 3.20. The number of hydrogen-bond donors (Lipinski definition) is 0. The lowest BCUT2D eigenvalue weighted by molar-refractivity contribution is -0.384. The molecule has 3 rings (SSSR count). The van der Waals surface area contributed by atoms with E-state index >= 15 is 0 Å². The molecule has 2 fully saturated rings. The third-order valence-corrected chi connectivity index (χ3v) is 6.63. The quantitative estimate of drug-likeness (QED) is 0.335. The Morgan fingerprint density at radius 2 is 1.90 bits per heavy atom. The number of non-ortho nitro benzene ring substituents is 1. The van der Waals surface area contributed by atoms with E-state index in [0.717, 1.165) is 31.7 Å². The van der Waals surface area contributed by atoms with Crippen molar-refractivity contribution in [3.05, 3.63) is 38.3 Å². The highest BCUT2D eigenvalue weighted by Crippen LogP contribution is 2.61. The van der Waals surface area contributed by atoms with E-state index in [4.69, 9.17) is 4.52 Å². The van der Waals surface area contributed by atoms with Gasteiger partial charge in [-0.3, -0.25) is 14.7 Å². The molecule has 2 heterocycles. The molecular formula is C11H13BrN3O4P. The van der Waals surface area contributed by atoms with Gasteiger partial charge in [0, 0.05) is 42.8 Å². The molecule has 1 aromatic carbocycles. The van der Waals surface area contributed by atoms with E-state index in [0.29, 0.717) is 4.47 Å². The molecule has 0 aromatic heterocycles. The minimum Gasteiger partial charge on any atom is -0.301 e. The van der Waals surface area contributed by atoms with Gasteiger partial charge in [-0.05, 0) is 11.6 Å². The van der Waals surface area contributed by atoms with Crippen molar-refractivity contribution in [2.75, 3.05) is 26.2 Å². The van der Waals surface area contributed by atoms with E-state index in [9.17, 15) is 14.7 Å². The Balaban J connectivity index is 1.71. The van der Waals surface area contributed by atoms with Gasteiger partial charge >= 0.3 is 7.67 Å². The van der Waals surface area contributed by atoms with Crippen molar-refractivity contribution in [3.63, 3.8) is 0 Å². The molecule has 7 nitrogen and oxygen atoms in total.